The topological polar surface area (TPSA) is 86.8 Å². The van der Waals surface area contributed by atoms with Crippen LogP contribution in [0.2, 0.25) is 0 Å². The van der Waals surface area contributed by atoms with E-state index in [2.05, 4.69) is 5.32 Å². The molecular formula is C16H23N3O4S. The van der Waals surface area contributed by atoms with Crippen molar-refractivity contribution in [2.24, 2.45) is 0 Å². The van der Waals surface area contributed by atoms with Gasteiger partial charge in [0.15, 0.2) is 0 Å². The molecular weight excluding hydrogens is 330 g/mol. The van der Waals surface area contributed by atoms with Crippen LogP contribution in [0.4, 0.5) is 5.69 Å². The van der Waals surface area contributed by atoms with Crippen molar-refractivity contribution in [1.29, 1.82) is 0 Å². The molecule has 24 heavy (non-hydrogen) atoms. The van der Waals surface area contributed by atoms with Gasteiger partial charge in [0.2, 0.25) is 15.9 Å². The van der Waals surface area contributed by atoms with E-state index in [1.54, 1.807) is 25.1 Å². The largest absolute Gasteiger partial charge is 0.339 e. The molecule has 0 aliphatic carbocycles. The molecule has 8 heteroatoms. The summed E-state index contributed by atoms with van der Waals surface area (Å²) in [6.45, 7) is 3.02. The number of carbonyl (C=O) groups excluding carboxylic acids is 2. The van der Waals surface area contributed by atoms with Crippen molar-refractivity contribution < 1.29 is 18.0 Å². The Balaban J connectivity index is 2.12. The van der Waals surface area contributed by atoms with Crippen molar-refractivity contribution in [1.82, 2.24) is 9.21 Å². The highest BCUT2D eigenvalue weighted by Gasteiger charge is 2.22. The summed E-state index contributed by atoms with van der Waals surface area (Å²) >= 11 is 0. The Morgan fingerprint density at radius 1 is 1.25 bits per heavy atom. The highest BCUT2D eigenvalue weighted by molar-refractivity contribution is 7.88. The van der Waals surface area contributed by atoms with Crippen molar-refractivity contribution in [2.45, 2.75) is 19.8 Å². The summed E-state index contributed by atoms with van der Waals surface area (Å²) in [5.74, 6) is -0.480. The maximum Gasteiger partial charge on any atom is 0.254 e. The monoisotopic (exact) mass is 353 g/mol. The van der Waals surface area contributed by atoms with Gasteiger partial charge >= 0.3 is 0 Å². The predicted octanol–water partition coefficient (Wildman–Crippen LogP) is 1.06. The first-order chi connectivity index (χ1) is 11.2. The molecule has 0 spiro atoms. The Hall–Kier alpha value is -1.93. The molecule has 0 bridgehead atoms. The second-order valence-corrected chi connectivity index (χ2v) is 8.13. The van der Waals surface area contributed by atoms with Gasteiger partial charge in [-0.2, -0.15) is 4.31 Å². The molecule has 2 rings (SSSR count). The number of nitrogens with one attached hydrogen (secondary N) is 1. The van der Waals surface area contributed by atoms with Crippen LogP contribution in [0.1, 0.15) is 28.8 Å². The highest BCUT2D eigenvalue weighted by atomic mass is 32.2. The number of likely N-dealkylation sites (N-methyl/N-ethyl adjacent to an activating group) is 1. The summed E-state index contributed by atoms with van der Waals surface area (Å²) in [4.78, 5) is 26.4. The van der Waals surface area contributed by atoms with E-state index < -0.39 is 15.9 Å². The first-order valence-corrected chi connectivity index (χ1v) is 9.65. The predicted molar refractivity (Wildman–Crippen MR) is 92.4 cm³/mol. The Labute approximate surface area is 142 Å². The number of anilines is 1. The van der Waals surface area contributed by atoms with Gasteiger partial charge in [-0.25, -0.2) is 8.42 Å². The molecule has 2 amide bonds. The van der Waals surface area contributed by atoms with Crippen molar-refractivity contribution >= 4 is 27.5 Å². The average molecular weight is 353 g/mol. The Bertz CT molecular complexity index is 740. The number of carbonyl (C=O) groups is 2. The van der Waals surface area contributed by atoms with Gasteiger partial charge in [0.05, 0.1) is 12.8 Å². The highest BCUT2D eigenvalue weighted by Crippen LogP contribution is 2.22. The molecule has 0 unspecified atom stereocenters. The second-order valence-electron chi connectivity index (χ2n) is 6.04. The molecule has 0 atom stereocenters. The van der Waals surface area contributed by atoms with E-state index in [1.807, 2.05) is 4.90 Å². The van der Waals surface area contributed by atoms with Gasteiger partial charge in [-0.15, -0.1) is 0 Å². The third kappa shape index (κ3) is 4.33. The molecule has 1 aromatic rings. The first kappa shape index (κ1) is 18.4. The molecule has 1 heterocycles. The minimum absolute atomic E-state index is 0.0330. The van der Waals surface area contributed by atoms with E-state index in [1.165, 1.54) is 7.05 Å². The number of hydrogen-bond donors (Lipinski definition) is 1. The van der Waals surface area contributed by atoms with Gasteiger partial charge < -0.3 is 10.2 Å². The van der Waals surface area contributed by atoms with Crippen molar-refractivity contribution in [2.75, 3.05) is 38.3 Å². The van der Waals surface area contributed by atoms with Crippen molar-refractivity contribution in [3.63, 3.8) is 0 Å². The first-order valence-electron chi connectivity index (χ1n) is 7.80. The fourth-order valence-corrected chi connectivity index (χ4v) is 2.95. The standard InChI is InChI=1S/C16H23N3O4S/c1-12-13(16(21)19-9-4-5-10-19)7-6-8-14(12)17-15(20)11-18(2)24(3,22)23/h6-8H,4-5,9-11H2,1-3H3,(H,17,20). The number of amides is 2. The molecule has 1 saturated heterocycles. The van der Waals surface area contributed by atoms with Gasteiger partial charge in [0.1, 0.15) is 0 Å². The fraction of sp³-hybridized carbons (Fsp3) is 0.500. The fourth-order valence-electron chi connectivity index (χ4n) is 2.60. The number of sulfonamides is 1. The van der Waals surface area contributed by atoms with Gasteiger partial charge in [-0.1, -0.05) is 6.07 Å². The number of benzene rings is 1. The molecule has 0 saturated carbocycles. The molecule has 7 nitrogen and oxygen atoms in total. The zero-order chi connectivity index (χ0) is 17.9. The Morgan fingerprint density at radius 3 is 2.46 bits per heavy atom. The van der Waals surface area contributed by atoms with E-state index in [4.69, 9.17) is 0 Å². The van der Waals surface area contributed by atoms with Crippen LogP contribution in [0, 0.1) is 6.92 Å². The molecule has 1 aliphatic heterocycles. The normalized spacial score (nSPS) is 14.9. The van der Waals surface area contributed by atoms with Crippen LogP contribution in [-0.4, -0.2) is 62.4 Å². The maximum absolute atomic E-state index is 12.5. The van der Waals surface area contributed by atoms with E-state index in [9.17, 15) is 18.0 Å². The minimum atomic E-state index is -3.42. The molecule has 0 radical (unpaired) electrons. The number of hydrogen-bond acceptors (Lipinski definition) is 4. The summed E-state index contributed by atoms with van der Waals surface area (Å²) in [5, 5.41) is 2.68. The van der Waals surface area contributed by atoms with E-state index in [0.717, 1.165) is 36.5 Å². The van der Waals surface area contributed by atoms with Gasteiger partial charge in [0.25, 0.3) is 5.91 Å². The molecule has 1 aromatic carbocycles. The zero-order valence-electron chi connectivity index (χ0n) is 14.2. The lowest BCUT2D eigenvalue weighted by Crippen LogP contribution is -2.34. The lowest BCUT2D eigenvalue weighted by Gasteiger charge is -2.19. The van der Waals surface area contributed by atoms with Crippen LogP contribution in [0.25, 0.3) is 0 Å². The number of likely N-dealkylation sites (tertiary alicyclic amines) is 1. The maximum atomic E-state index is 12.5. The lowest BCUT2D eigenvalue weighted by atomic mass is 10.1. The zero-order valence-corrected chi connectivity index (χ0v) is 15.0. The second kappa shape index (κ2) is 7.31. The molecule has 1 fully saturated rings. The van der Waals surface area contributed by atoms with Crippen LogP contribution >= 0.6 is 0 Å². The van der Waals surface area contributed by atoms with Crippen LogP contribution in [0.3, 0.4) is 0 Å². The minimum Gasteiger partial charge on any atom is -0.339 e. The summed E-state index contributed by atoms with van der Waals surface area (Å²) in [6.07, 6.45) is 3.07. The third-order valence-electron chi connectivity index (χ3n) is 4.16. The number of rotatable bonds is 5. The molecule has 0 aromatic heterocycles. The van der Waals surface area contributed by atoms with E-state index in [0.29, 0.717) is 16.8 Å². The van der Waals surface area contributed by atoms with Gasteiger partial charge in [0, 0.05) is 31.4 Å². The van der Waals surface area contributed by atoms with Crippen LogP contribution in [0.15, 0.2) is 18.2 Å². The van der Waals surface area contributed by atoms with E-state index in [-0.39, 0.29) is 12.5 Å². The van der Waals surface area contributed by atoms with Crippen LogP contribution < -0.4 is 5.32 Å². The van der Waals surface area contributed by atoms with E-state index >= 15 is 0 Å². The summed E-state index contributed by atoms with van der Waals surface area (Å²) in [7, 11) is -2.08. The lowest BCUT2D eigenvalue weighted by molar-refractivity contribution is -0.116. The SMILES string of the molecule is Cc1c(NC(=O)CN(C)S(C)(=O)=O)cccc1C(=O)N1CCCC1. The average Bonchev–Trinajstić information content (AvgIpc) is 3.02. The summed E-state index contributed by atoms with van der Waals surface area (Å²) in [6, 6.07) is 5.16. The summed E-state index contributed by atoms with van der Waals surface area (Å²) in [5.41, 5.74) is 1.77. The number of nitrogens with zero attached hydrogens (tertiary/aromatic N) is 2. The van der Waals surface area contributed by atoms with Crippen LogP contribution in [0.5, 0.6) is 0 Å². The Morgan fingerprint density at radius 2 is 1.88 bits per heavy atom. The summed E-state index contributed by atoms with van der Waals surface area (Å²) < 4.78 is 23.7. The third-order valence-corrected chi connectivity index (χ3v) is 5.43. The van der Waals surface area contributed by atoms with Crippen molar-refractivity contribution in [3.8, 4) is 0 Å². The molecule has 132 valence electrons. The smallest absolute Gasteiger partial charge is 0.254 e. The Kier molecular flexibility index (Phi) is 5.61. The molecule has 1 N–H and O–H groups in total. The van der Waals surface area contributed by atoms with Gasteiger partial charge in [-0.3, -0.25) is 9.59 Å². The van der Waals surface area contributed by atoms with Crippen LogP contribution in [-0.2, 0) is 14.8 Å². The molecule has 1 aliphatic rings. The van der Waals surface area contributed by atoms with Crippen molar-refractivity contribution in [3.05, 3.63) is 29.3 Å². The quantitative estimate of drug-likeness (QED) is 0.857. The van der Waals surface area contributed by atoms with Gasteiger partial charge in [-0.05, 0) is 37.5 Å².